The molecule has 0 saturated carbocycles. The van der Waals surface area contributed by atoms with Gasteiger partial charge in [0.1, 0.15) is 0 Å². The van der Waals surface area contributed by atoms with Gasteiger partial charge in [-0.05, 0) is 42.8 Å². The van der Waals surface area contributed by atoms with E-state index >= 15 is 0 Å². The molecule has 6 heteroatoms. The van der Waals surface area contributed by atoms with E-state index in [1.54, 1.807) is 43.3 Å². The number of nitrogens with zero attached hydrogens (tertiary/aromatic N) is 1. The maximum absolute atomic E-state index is 12.3. The SMILES string of the molecule is CC(NS(=O)(=O)c1cccc(N)c1)c1ccc(C#N)cc1. The Morgan fingerprint density at radius 3 is 2.43 bits per heavy atom. The average Bonchev–Trinajstić information content (AvgIpc) is 2.47. The van der Waals surface area contributed by atoms with Crippen molar-refractivity contribution in [2.24, 2.45) is 0 Å². The molecule has 108 valence electrons. The molecule has 0 heterocycles. The zero-order valence-corrected chi connectivity index (χ0v) is 12.3. The number of hydrogen-bond acceptors (Lipinski definition) is 4. The van der Waals surface area contributed by atoms with E-state index in [2.05, 4.69) is 4.72 Å². The summed E-state index contributed by atoms with van der Waals surface area (Å²) in [4.78, 5) is 0.128. The van der Waals surface area contributed by atoms with Crippen molar-refractivity contribution in [3.05, 3.63) is 59.7 Å². The molecule has 1 unspecified atom stereocenters. The minimum Gasteiger partial charge on any atom is -0.399 e. The van der Waals surface area contributed by atoms with Crippen LogP contribution in [0.25, 0.3) is 0 Å². The smallest absolute Gasteiger partial charge is 0.241 e. The van der Waals surface area contributed by atoms with Crippen LogP contribution in [0.1, 0.15) is 24.1 Å². The van der Waals surface area contributed by atoms with Crippen LogP contribution in [0.2, 0.25) is 0 Å². The number of rotatable bonds is 4. The number of hydrogen-bond donors (Lipinski definition) is 2. The van der Waals surface area contributed by atoms with Gasteiger partial charge in [-0.3, -0.25) is 0 Å². The monoisotopic (exact) mass is 301 g/mol. The van der Waals surface area contributed by atoms with E-state index in [-0.39, 0.29) is 4.90 Å². The third-order valence-electron chi connectivity index (χ3n) is 3.04. The Bertz CT molecular complexity index is 777. The van der Waals surface area contributed by atoms with Gasteiger partial charge in [-0.1, -0.05) is 18.2 Å². The average molecular weight is 301 g/mol. The van der Waals surface area contributed by atoms with Crippen LogP contribution in [0.4, 0.5) is 5.69 Å². The summed E-state index contributed by atoms with van der Waals surface area (Å²) < 4.78 is 27.1. The van der Waals surface area contributed by atoms with Crippen molar-refractivity contribution in [3.8, 4) is 6.07 Å². The summed E-state index contributed by atoms with van der Waals surface area (Å²) >= 11 is 0. The van der Waals surface area contributed by atoms with Crippen molar-refractivity contribution in [2.75, 3.05) is 5.73 Å². The molecule has 0 amide bonds. The first-order chi connectivity index (χ1) is 9.92. The number of nitriles is 1. The van der Waals surface area contributed by atoms with E-state index in [1.807, 2.05) is 6.07 Å². The Balaban J connectivity index is 2.21. The first-order valence-electron chi connectivity index (χ1n) is 6.30. The Morgan fingerprint density at radius 1 is 1.19 bits per heavy atom. The van der Waals surface area contributed by atoms with Crippen LogP contribution in [-0.4, -0.2) is 8.42 Å². The van der Waals surface area contributed by atoms with E-state index in [1.165, 1.54) is 12.1 Å². The highest BCUT2D eigenvalue weighted by atomic mass is 32.2. The van der Waals surface area contributed by atoms with Gasteiger partial charge in [0.2, 0.25) is 10.0 Å². The first kappa shape index (κ1) is 15.0. The predicted octanol–water partition coefficient (Wildman–Crippen LogP) is 2.18. The van der Waals surface area contributed by atoms with Crippen molar-refractivity contribution in [3.63, 3.8) is 0 Å². The minimum absolute atomic E-state index is 0.128. The van der Waals surface area contributed by atoms with Gasteiger partial charge in [0.05, 0.1) is 16.5 Å². The number of nitrogens with two attached hydrogens (primary N) is 1. The van der Waals surface area contributed by atoms with Gasteiger partial charge in [0, 0.05) is 11.7 Å². The zero-order valence-electron chi connectivity index (χ0n) is 11.4. The highest BCUT2D eigenvalue weighted by molar-refractivity contribution is 7.89. The molecule has 0 aliphatic rings. The number of benzene rings is 2. The molecule has 0 radical (unpaired) electrons. The molecular weight excluding hydrogens is 286 g/mol. The molecule has 3 N–H and O–H groups in total. The minimum atomic E-state index is -3.64. The van der Waals surface area contributed by atoms with Crippen molar-refractivity contribution >= 4 is 15.7 Å². The molecule has 2 rings (SSSR count). The molecule has 2 aromatic rings. The van der Waals surface area contributed by atoms with Crippen LogP contribution in [-0.2, 0) is 10.0 Å². The second kappa shape index (κ2) is 5.95. The van der Waals surface area contributed by atoms with Crippen molar-refractivity contribution in [2.45, 2.75) is 17.9 Å². The molecule has 0 aliphatic heterocycles. The molecular formula is C15H15N3O2S. The number of nitrogens with one attached hydrogen (secondary N) is 1. The Kier molecular flexibility index (Phi) is 4.26. The molecule has 0 aromatic heterocycles. The van der Waals surface area contributed by atoms with E-state index in [9.17, 15) is 8.42 Å². The second-order valence-electron chi connectivity index (χ2n) is 4.65. The molecule has 0 saturated heterocycles. The van der Waals surface area contributed by atoms with Gasteiger partial charge in [-0.2, -0.15) is 5.26 Å². The summed E-state index contributed by atoms with van der Waals surface area (Å²) in [7, 11) is -3.64. The molecule has 0 spiro atoms. The number of anilines is 1. The summed E-state index contributed by atoms with van der Waals surface area (Å²) in [5.74, 6) is 0. The fourth-order valence-corrected chi connectivity index (χ4v) is 3.18. The van der Waals surface area contributed by atoms with Crippen molar-refractivity contribution in [1.82, 2.24) is 4.72 Å². The molecule has 0 aliphatic carbocycles. The summed E-state index contributed by atoms with van der Waals surface area (Å²) in [5.41, 5.74) is 7.31. The first-order valence-corrected chi connectivity index (χ1v) is 7.78. The standard InChI is InChI=1S/C15H15N3O2S/c1-11(13-7-5-12(10-16)6-8-13)18-21(19,20)15-4-2-3-14(17)9-15/h2-9,11,18H,17H2,1H3. The summed E-state index contributed by atoms with van der Waals surface area (Å²) in [6, 6.07) is 14.5. The lowest BCUT2D eigenvalue weighted by Gasteiger charge is -2.15. The fourth-order valence-electron chi connectivity index (χ4n) is 1.90. The topological polar surface area (TPSA) is 96.0 Å². The zero-order chi connectivity index (χ0) is 15.5. The molecule has 0 fully saturated rings. The highest BCUT2D eigenvalue weighted by Gasteiger charge is 2.18. The highest BCUT2D eigenvalue weighted by Crippen LogP contribution is 2.18. The lowest BCUT2D eigenvalue weighted by molar-refractivity contribution is 0.567. The summed E-state index contributed by atoms with van der Waals surface area (Å²) in [6.07, 6.45) is 0. The molecule has 21 heavy (non-hydrogen) atoms. The quantitative estimate of drug-likeness (QED) is 0.846. The summed E-state index contributed by atoms with van der Waals surface area (Å²) in [6.45, 7) is 1.74. The van der Waals surface area contributed by atoms with Crippen LogP contribution in [0.3, 0.4) is 0 Å². The van der Waals surface area contributed by atoms with E-state index < -0.39 is 16.1 Å². The molecule has 1 atom stereocenters. The van der Waals surface area contributed by atoms with Crippen LogP contribution < -0.4 is 10.5 Å². The number of nitrogen functional groups attached to an aromatic ring is 1. The maximum atomic E-state index is 12.3. The van der Waals surface area contributed by atoms with Crippen LogP contribution in [0.5, 0.6) is 0 Å². The molecule has 2 aromatic carbocycles. The Morgan fingerprint density at radius 2 is 1.86 bits per heavy atom. The molecule has 5 nitrogen and oxygen atoms in total. The lowest BCUT2D eigenvalue weighted by atomic mass is 10.1. The number of sulfonamides is 1. The maximum Gasteiger partial charge on any atom is 0.241 e. The fraction of sp³-hybridized carbons (Fsp3) is 0.133. The van der Waals surface area contributed by atoms with Gasteiger partial charge in [0.25, 0.3) is 0 Å². The van der Waals surface area contributed by atoms with Crippen molar-refractivity contribution < 1.29 is 8.42 Å². The van der Waals surface area contributed by atoms with Crippen LogP contribution in [0, 0.1) is 11.3 Å². The second-order valence-corrected chi connectivity index (χ2v) is 6.36. The normalized spacial score (nSPS) is 12.6. The lowest BCUT2D eigenvalue weighted by Crippen LogP contribution is -2.26. The predicted molar refractivity (Wildman–Crippen MR) is 80.7 cm³/mol. The molecule has 0 bridgehead atoms. The van der Waals surface area contributed by atoms with Crippen LogP contribution >= 0.6 is 0 Å². The largest absolute Gasteiger partial charge is 0.399 e. The van der Waals surface area contributed by atoms with Gasteiger partial charge >= 0.3 is 0 Å². The third kappa shape index (κ3) is 3.60. The third-order valence-corrected chi connectivity index (χ3v) is 4.58. The van der Waals surface area contributed by atoms with Crippen LogP contribution in [0.15, 0.2) is 53.4 Å². The summed E-state index contributed by atoms with van der Waals surface area (Å²) in [5, 5.41) is 8.75. The van der Waals surface area contributed by atoms with E-state index in [0.29, 0.717) is 11.3 Å². The van der Waals surface area contributed by atoms with Gasteiger partial charge < -0.3 is 5.73 Å². The van der Waals surface area contributed by atoms with Crippen molar-refractivity contribution in [1.29, 1.82) is 5.26 Å². The van der Waals surface area contributed by atoms with E-state index in [4.69, 9.17) is 11.0 Å². The van der Waals surface area contributed by atoms with Gasteiger partial charge in [-0.15, -0.1) is 0 Å². The van der Waals surface area contributed by atoms with Gasteiger partial charge in [-0.25, -0.2) is 13.1 Å². The Hall–Kier alpha value is -2.36. The Labute approximate surface area is 124 Å². The van der Waals surface area contributed by atoms with E-state index in [0.717, 1.165) is 5.56 Å². The van der Waals surface area contributed by atoms with Gasteiger partial charge in [0.15, 0.2) is 0 Å².